The highest BCUT2D eigenvalue weighted by molar-refractivity contribution is 5.59. The van der Waals surface area contributed by atoms with E-state index in [0.717, 1.165) is 6.42 Å². The smallest absolute Gasteiger partial charge is 0.0822 e. The van der Waals surface area contributed by atoms with Crippen LogP contribution in [0.5, 0.6) is 0 Å². The molecule has 0 saturated carbocycles. The Morgan fingerprint density at radius 3 is 2.18 bits per heavy atom. The molecule has 0 bridgehead atoms. The summed E-state index contributed by atoms with van der Waals surface area (Å²) in [7, 11) is 0. The molecule has 1 unspecified atom stereocenters. The van der Waals surface area contributed by atoms with Gasteiger partial charge < -0.3 is 4.57 Å². The Kier molecular flexibility index (Phi) is 3.04. The number of para-hydroxylation sites is 1. The molecular weight excluding hydrogens is 268 g/mol. The highest BCUT2D eigenvalue weighted by atomic mass is 15.0. The minimum absolute atomic E-state index is 0.0442. The lowest BCUT2D eigenvalue weighted by Gasteiger charge is -2.24. The third-order valence-corrected chi connectivity index (χ3v) is 5.27. The first-order chi connectivity index (χ1) is 10.2. The Balaban J connectivity index is 2.38. The summed E-state index contributed by atoms with van der Waals surface area (Å²) in [5.74, 6) is 0. The second kappa shape index (κ2) is 4.49. The van der Waals surface area contributed by atoms with Crippen molar-refractivity contribution in [1.82, 2.24) is 4.57 Å². The molecule has 2 aromatic rings. The van der Waals surface area contributed by atoms with Crippen LogP contribution in [0.25, 0.3) is 5.69 Å². The van der Waals surface area contributed by atoms with Crippen molar-refractivity contribution in [3.05, 3.63) is 52.3 Å². The minimum atomic E-state index is -0.387. The van der Waals surface area contributed by atoms with Crippen LogP contribution in [0.2, 0.25) is 0 Å². The lowest BCUT2D eigenvalue weighted by atomic mass is 9.80. The van der Waals surface area contributed by atoms with Gasteiger partial charge in [0.25, 0.3) is 0 Å². The van der Waals surface area contributed by atoms with Crippen LogP contribution in [0, 0.1) is 32.1 Å². The first-order valence-electron chi connectivity index (χ1n) is 7.93. The summed E-state index contributed by atoms with van der Waals surface area (Å²) in [6.45, 7) is 13.1. The van der Waals surface area contributed by atoms with Gasteiger partial charge in [0.15, 0.2) is 0 Å². The fraction of sp³-hybridized carbons (Fsp3) is 0.450. The van der Waals surface area contributed by atoms with Gasteiger partial charge in [0.05, 0.1) is 11.5 Å². The van der Waals surface area contributed by atoms with Gasteiger partial charge >= 0.3 is 0 Å². The van der Waals surface area contributed by atoms with E-state index in [2.05, 4.69) is 76.4 Å². The molecule has 1 aromatic carbocycles. The molecule has 1 aliphatic carbocycles. The molecule has 0 N–H and O–H groups in total. The second-order valence-corrected chi connectivity index (χ2v) is 7.55. The Labute approximate surface area is 133 Å². The number of nitrogens with zero attached hydrogens (tertiary/aromatic N) is 2. The van der Waals surface area contributed by atoms with Crippen LogP contribution in [0.1, 0.15) is 55.3 Å². The Hall–Kier alpha value is -2.01. The Morgan fingerprint density at radius 2 is 1.59 bits per heavy atom. The van der Waals surface area contributed by atoms with Crippen LogP contribution < -0.4 is 0 Å². The summed E-state index contributed by atoms with van der Waals surface area (Å²) in [6, 6.07) is 11.1. The summed E-state index contributed by atoms with van der Waals surface area (Å²) in [5.41, 5.74) is 7.27. The summed E-state index contributed by atoms with van der Waals surface area (Å²) in [5, 5.41) is 9.79. The van der Waals surface area contributed by atoms with Gasteiger partial charge in [-0.25, -0.2) is 0 Å². The topological polar surface area (TPSA) is 28.7 Å². The molecule has 0 aliphatic heterocycles. The van der Waals surface area contributed by atoms with Crippen LogP contribution in [-0.2, 0) is 10.8 Å². The predicted molar refractivity (Wildman–Crippen MR) is 90.6 cm³/mol. The van der Waals surface area contributed by atoms with E-state index in [1.807, 2.05) is 0 Å². The standard InChI is InChI=1S/C20H24N2/c1-13-9-7-8-10-16(13)22-14(2)17-18(15(22)3)20(6,12-21)11-19(17,4)5/h7-10H,11H2,1-6H3. The van der Waals surface area contributed by atoms with Gasteiger partial charge in [0.1, 0.15) is 0 Å². The van der Waals surface area contributed by atoms with Crippen LogP contribution in [0.4, 0.5) is 0 Å². The number of aromatic nitrogens is 1. The van der Waals surface area contributed by atoms with Crippen molar-refractivity contribution in [2.75, 3.05) is 0 Å². The molecule has 0 fully saturated rings. The molecule has 22 heavy (non-hydrogen) atoms. The number of hydrogen-bond acceptors (Lipinski definition) is 1. The maximum Gasteiger partial charge on any atom is 0.0822 e. The maximum atomic E-state index is 9.79. The molecule has 1 aliphatic rings. The largest absolute Gasteiger partial charge is 0.318 e. The van der Waals surface area contributed by atoms with E-state index in [4.69, 9.17) is 0 Å². The monoisotopic (exact) mass is 292 g/mol. The molecule has 0 saturated heterocycles. The molecule has 114 valence electrons. The van der Waals surface area contributed by atoms with Gasteiger partial charge in [-0.1, -0.05) is 32.0 Å². The van der Waals surface area contributed by atoms with Gasteiger partial charge in [-0.05, 0) is 62.3 Å². The van der Waals surface area contributed by atoms with E-state index in [-0.39, 0.29) is 10.8 Å². The molecule has 0 radical (unpaired) electrons. The number of benzene rings is 1. The zero-order chi connectivity index (χ0) is 16.3. The van der Waals surface area contributed by atoms with E-state index in [1.54, 1.807) is 0 Å². The summed E-state index contributed by atoms with van der Waals surface area (Å²) in [4.78, 5) is 0. The lowest BCUT2D eigenvalue weighted by Crippen LogP contribution is -2.22. The summed E-state index contributed by atoms with van der Waals surface area (Å²) in [6.07, 6.45) is 0.900. The average Bonchev–Trinajstić information content (AvgIpc) is 2.84. The molecule has 0 spiro atoms. The molecule has 3 rings (SSSR count). The third-order valence-electron chi connectivity index (χ3n) is 5.27. The van der Waals surface area contributed by atoms with Gasteiger partial charge in [-0.15, -0.1) is 0 Å². The first-order valence-corrected chi connectivity index (χ1v) is 7.93. The zero-order valence-electron chi connectivity index (χ0n) is 14.4. The van der Waals surface area contributed by atoms with E-state index in [0.29, 0.717) is 0 Å². The van der Waals surface area contributed by atoms with Gasteiger partial charge in [-0.2, -0.15) is 5.26 Å². The van der Waals surface area contributed by atoms with Crippen LogP contribution in [0.3, 0.4) is 0 Å². The molecule has 1 atom stereocenters. The van der Waals surface area contributed by atoms with E-state index >= 15 is 0 Å². The number of fused-ring (bicyclic) bond motifs is 1. The summed E-state index contributed by atoms with van der Waals surface area (Å²) >= 11 is 0. The van der Waals surface area contributed by atoms with Gasteiger partial charge in [-0.3, -0.25) is 0 Å². The first kappa shape index (κ1) is 14.9. The predicted octanol–water partition coefficient (Wildman–Crippen LogP) is 4.87. The molecular formula is C20H24N2. The van der Waals surface area contributed by atoms with Crippen LogP contribution in [-0.4, -0.2) is 4.57 Å². The fourth-order valence-electron chi connectivity index (χ4n) is 4.67. The highest BCUT2D eigenvalue weighted by Gasteiger charge is 2.49. The highest BCUT2D eigenvalue weighted by Crippen LogP contribution is 2.53. The van der Waals surface area contributed by atoms with Crippen LogP contribution in [0.15, 0.2) is 24.3 Å². The van der Waals surface area contributed by atoms with Crippen molar-refractivity contribution >= 4 is 0 Å². The number of hydrogen-bond donors (Lipinski definition) is 0. The quantitative estimate of drug-likeness (QED) is 0.737. The minimum Gasteiger partial charge on any atom is -0.318 e. The van der Waals surface area contributed by atoms with Gasteiger partial charge in [0, 0.05) is 17.1 Å². The van der Waals surface area contributed by atoms with Crippen molar-refractivity contribution in [3.8, 4) is 11.8 Å². The fourth-order valence-corrected chi connectivity index (χ4v) is 4.67. The second-order valence-electron chi connectivity index (χ2n) is 7.55. The summed E-state index contributed by atoms with van der Waals surface area (Å²) < 4.78 is 2.34. The number of rotatable bonds is 1. The van der Waals surface area contributed by atoms with E-state index < -0.39 is 0 Å². The van der Waals surface area contributed by atoms with Gasteiger partial charge in [0.2, 0.25) is 0 Å². The van der Waals surface area contributed by atoms with Crippen molar-refractivity contribution in [3.63, 3.8) is 0 Å². The Morgan fingerprint density at radius 1 is 1.00 bits per heavy atom. The zero-order valence-corrected chi connectivity index (χ0v) is 14.4. The van der Waals surface area contributed by atoms with Crippen molar-refractivity contribution < 1.29 is 0 Å². The van der Waals surface area contributed by atoms with E-state index in [9.17, 15) is 5.26 Å². The van der Waals surface area contributed by atoms with Crippen molar-refractivity contribution in [2.45, 2.75) is 58.8 Å². The SMILES string of the molecule is Cc1ccccc1-n1c(C)c2c(c1C)C(C)(C#N)CC2(C)C. The Bertz CT molecular complexity index is 802. The van der Waals surface area contributed by atoms with E-state index in [1.165, 1.54) is 33.8 Å². The normalized spacial score (nSPS) is 22.4. The average molecular weight is 292 g/mol. The van der Waals surface area contributed by atoms with Crippen molar-refractivity contribution in [1.29, 1.82) is 5.26 Å². The lowest BCUT2D eigenvalue weighted by molar-refractivity contribution is 0.434. The third kappa shape index (κ3) is 1.78. The van der Waals surface area contributed by atoms with Crippen LogP contribution >= 0.6 is 0 Å². The molecule has 2 heteroatoms. The molecule has 0 amide bonds. The number of nitriles is 1. The molecule has 2 nitrogen and oxygen atoms in total. The van der Waals surface area contributed by atoms with Crippen molar-refractivity contribution in [2.24, 2.45) is 0 Å². The number of aryl methyl sites for hydroxylation is 1. The molecule has 1 heterocycles. The maximum absolute atomic E-state index is 9.79. The molecule has 1 aromatic heterocycles.